The van der Waals surface area contributed by atoms with Crippen molar-refractivity contribution >= 4 is 5.97 Å². The second-order valence-electron chi connectivity index (χ2n) is 4.39. The third kappa shape index (κ3) is 4.79. The summed E-state index contributed by atoms with van der Waals surface area (Å²) in [6.45, 7) is 15.3. The van der Waals surface area contributed by atoms with Crippen LogP contribution < -0.4 is 0 Å². The van der Waals surface area contributed by atoms with E-state index in [1.165, 1.54) is 12.8 Å². The van der Waals surface area contributed by atoms with Crippen LogP contribution in [-0.2, 0) is 9.53 Å². The van der Waals surface area contributed by atoms with Gasteiger partial charge in [0, 0.05) is 5.57 Å². The van der Waals surface area contributed by atoms with Crippen LogP contribution in [-0.4, -0.2) is 36.8 Å². The summed E-state index contributed by atoms with van der Waals surface area (Å²) in [4.78, 5) is 11.4. The van der Waals surface area contributed by atoms with Gasteiger partial charge < -0.3 is 4.74 Å². The van der Waals surface area contributed by atoms with Gasteiger partial charge in [0.25, 0.3) is 0 Å². The average molecular weight is 228 g/mol. The van der Waals surface area contributed by atoms with Crippen LogP contribution in [0.1, 0.15) is 40.5 Å². The standard InChI is InChI=1S/C13H26NO2/c1-6-9-10-14(7-2,8-3)11-16-13(15)12(4)5/h4,6-11H2,1-3,5H3/q+1. The predicted octanol–water partition coefficient (Wildman–Crippen LogP) is 2.72. The molecule has 0 radical (unpaired) electrons. The first-order valence-corrected chi connectivity index (χ1v) is 6.19. The van der Waals surface area contributed by atoms with Crippen molar-refractivity contribution in [1.29, 1.82) is 0 Å². The molecule has 16 heavy (non-hydrogen) atoms. The highest BCUT2D eigenvalue weighted by molar-refractivity contribution is 5.86. The lowest BCUT2D eigenvalue weighted by Gasteiger charge is -2.35. The molecule has 0 aromatic heterocycles. The molecule has 3 heteroatoms. The van der Waals surface area contributed by atoms with Gasteiger partial charge >= 0.3 is 5.97 Å². The summed E-state index contributed by atoms with van der Waals surface area (Å²) in [5.41, 5.74) is 0.473. The second-order valence-corrected chi connectivity index (χ2v) is 4.39. The normalized spacial score (nSPS) is 11.2. The fourth-order valence-corrected chi connectivity index (χ4v) is 1.60. The third-order valence-electron chi connectivity index (χ3n) is 3.15. The van der Waals surface area contributed by atoms with Gasteiger partial charge in [0.2, 0.25) is 6.73 Å². The van der Waals surface area contributed by atoms with Gasteiger partial charge in [-0.1, -0.05) is 19.9 Å². The smallest absolute Gasteiger partial charge is 0.337 e. The molecule has 0 N–H and O–H groups in total. The first kappa shape index (κ1) is 15.2. The quantitative estimate of drug-likeness (QED) is 0.276. The summed E-state index contributed by atoms with van der Waals surface area (Å²) < 4.78 is 6.14. The first-order valence-electron chi connectivity index (χ1n) is 6.19. The highest BCUT2D eigenvalue weighted by Crippen LogP contribution is 2.10. The van der Waals surface area contributed by atoms with Gasteiger partial charge in [-0.05, 0) is 27.2 Å². The molecule has 0 bridgehead atoms. The largest absolute Gasteiger partial charge is 0.412 e. The number of hydrogen-bond donors (Lipinski definition) is 0. The fraction of sp³-hybridized carbons (Fsp3) is 0.769. The van der Waals surface area contributed by atoms with Crippen molar-refractivity contribution in [3.63, 3.8) is 0 Å². The van der Waals surface area contributed by atoms with Crippen LogP contribution in [0.5, 0.6) is 0 Å². The summed E-state index contributed by atoms with van der Waals surface area (Å²) in [7, 11) is 0. The molecule has 0 aromatic rings. The Kier molecular flexibility index (Phi) is 7.06. The summed E-state index contributed by atoms with van der Waals surface area (Å²) in [6.07, 6.45) is 2.35. The molecule has 0 saturated carbocycles. The van der Waals surface area contributed by atoms with E-state index < -0.39 is 0 Å². The molecular formula is C13H26NO2+. The van der Waals surface area contributed by atoms with Gasteiger partial charge in [0.1, 0.15) is 0 Å². The van der Waals surface area contributed by atoms with Gasteiger partial charge in [-0.15, -0.1) is 0 Å². The molecule has 0 aliphatic heterocycles. The number of carbonyl (C=O) groups excluding carboxylic acids is 1. The summed E-state index contributed by atoms with van der Waals surface area (Å²) in [5.74, 6) is -0.277. The second kappa shape index (κ2) is 7.44. The average Bonchev–Trinajstić information content (AvgIpc) is 2.29. The zero-order valence-corrected chi connectivity index (χ0v) is 11.2. The summed E-state index contributed by atoms with van der Waals surface area (Å²) in [6, 6.07) is 0. The number of nitrogens with zero attached hydrogens (tertiary/aromatic N) is 1. The Hall–Kier alpha value is -0.830. The number of unbranched alkanes of at least 4 members (excludes halogenated alkanes) is 1. The Bertz CT molecular complexity index is 232. The zero-order valence-electron chi connectivity index (χ0n) is 11.2. The molecule has 0 aromatic carbocycles. The predicted molar refractivity (Wildman–Crippen MR) is 66.9 cm³/mol. The molecule has 0 atom stereocenters. The Balaban J connectivity index is 4.31. The third-order valence-corrected chi connectivity index (χ3v) is 3.15. The van der Waals surface area contributed by atoms with E-state index in [-0.39, 0.29) is 5.97 Å². The van der Waals surface area contributed by atoms with Crippen LogP contribution in [0.15, 0.2) is 12.2 Å². The molecule has 0 spiro atoms. The maximum Gasteiger partial charge on any atom is 0.337 e. The molecule has 0 heterocycles. The molecule has 0 rings (SSSR count). The lowest BCUT2D eigenvalue weighted by atomic mass is 10.2. The number of hydrogen-bond acceptors (Lipinski definition) is 2. The topological polar surface area (TPSA) is 26.3 Å². The Morgan fingerprint density at radius 3 is 2.19 bits per heavy atom. The molecule has 0 fully saturated rings. The lowest BCUT2D eigenvalue weighted by Crippen LogP contribution is -2.50. The molecule has 0 aliphatic carbocycles. The van der Waals surface area contributed by atoms with Crippen LogP contribution in [0.3, 0.4) is 0 Å². The van der Waals surface area contributed by atoms with Crippen molar-refractivity contribution in [1.82, 2.24) is 0 Å². The van der Waals surface area contributed by atoms with E-state index in [9.17, 15) is 4.79 Å². The highest BCUT2D eigenvalue weighted by Gasteiger charge is 2.24. The number of rotatable bonds is 8. The minimum atomic E-state index is -0.277. The van der Waals surface area contributed by atoms with Crippen LogP contribution in [0.4, 0.5) is 0 Å². The van der Waals surface area contributed by atoms with E-state index in [4.69, 9.17) is 4.74 Å². The van der Waals surface area contributed by atoms with Gasteiger partial charge in [0.15, 0.2) is 0 Å². The Labute approximate surface area is 99.7 Å². The minimum Gasteiger partial charge on any atom is -0.412 e. The fourth-order valence-electron chi connectivity index (χ4n) is 1.60. The van der Waals surface area contributed by atoms with Crippen LogP contribution >= 0.6 is 0 Å². The lowest BCUT2D eigenvalue weighted by molar-refractivity contribution is -0.940. The van der Waals surface area contributed by atoms with Crippen LogP contribution in [0.2, 0.25) is 0 Å². The first-order chi connectivity index (χ1) is 7.51. The van der Waals surface area contributed by atoms with Crippen molar-refractivity contribution in [2.24, 2.45) is 0 Å². The van der Waals surface area contributed by atoms with Crippen molar-refractivity contribution < 1.29 is 14.0 Å². The van der Waals surface area contributed by atoms with Crippen molar-refractivity contribution in [3.05, 3.63) is 12.2 Å². The molecule has 0 unspecified atom stereocenters. The minimum absolute atomic E-state index is 0.277. The highest BCUT2D eigenvalue weighted by atomic mass is 16.5. The van der Waals surface area contributed by atoms with E-state index >= 15 is 0 Å². The Morgan fingerprint density at radius 2 is 1.81 bits per heavy atom. The maximum atomic E-state index is 11.4. The monoisotopic (exact) mass is 228 g/mol. The molecule has 0 saturated heterocycles. The van der Waals surface area contributed by atoms with Gasteiger partial charge in [0.05, 0.1) is 19.6 Å². The van der Waals surface area contributed by atoms with Crippen LogP contribution in [0.25, 0.3) is 0 Å². The van der Waals surface area contributed by atoms with Crippen molar-refractivity contribution in [2.75, 3.05) is 26.4 Å². The van der Waals surface area contributed by atoms with E-state index in [0.717, 1.165) is 24.1 Å². The van der Waals surface area contributed by atoms with Crippen molar-refractivity contribution in [3.8, 4) is 0 Å². The Morgan fingerprint density at radius 1 is 1.25 bits per heavy atom. The van der Waals surface area contributed by atoms with E-state index in [1.807, 2.05) is 0 Å². The van der Waals surface area contributed by atoms with E-state index in [0.29, 0.717) is 12.3 Å². The maximum absolute atomic E-state index is 11.4. The van der Waals surface area contributed by atoms with Gasteiger partial charge in [-0.25, -0.2) is 4.79 Å². The summed E-state index contributed by atoms with van der Waals surface area (Å²) >= 11 is 0. The van der Waals surface area contributed by atoms with E-state index in [2.05, 4.69) is 27.4 Å². The molecule has 94 valence electrons. The SMILES string of the molecule is C=C(C)C(=O)OC[N+](CC)(CC)CCCC. The molecular weight excluding hydrogens is 202 g/mol. The number of quaternary nitrogens is 1. The number of esters is 1. The zero-order chi connectivity index (χ0) is 12.6. The van der Waals surface area contributed by atoms with Crippen LogP contribution in [0, 0.1) is 0 Å². The number of ether oxygens (including phenoxy) is 1. The molecule has 0 aliphatic rings. The van der Waals surface area contributed by atoms with Gasteiger partial charge in [-0.2, -0.15) is 0 Å². The number of carbonyl (C=O) groups is 1. The molecule has 0 amide bonds. The molecule has 3 nitrogen and oxygen atoms in total. The van der Waals surface area contributed by atoms with Gasteiger partial charge in [-0.3, -0.25) is 4.48 Å². The van der Waals surface area contributed by atoms with Crippen molar-refractivity contribution in [2.45, 2.75) is 40.5 Å². The summed E-state index contributed by atoms with van der Waals surface area (Å²) in [5, 5.41) is 0. The van der Waals surface area contributed by atoms with E-state index in [1.54, 1.807) is 6.92 Å².